The Bertz CT molecular complexity index is 1730. The number of imidazole rings is 1. The Morgan fingerprint density at radius 3 is 2.12 bits per heavy atom. The molecule has 1 atom stereocenters. The summed E-state index contributed by atoms with van der Waals surface area (Å²) < 4.78 is 42.3. The van der Waals surface area contributed by atoms with Crippen molar-refractivity contribution >= 4 is 43.8 Å². The van der Waals surface area contributed by atoms with Crippen molar-refractivity contribution in [3.63, 3.8) is 0 Å². The van der Waals surface area contributed by atoms with E-state index in [0.717, 1.165) is 43.6 Å². The highest BCUT2D eigenvalue weighted by Crippen LogP contribution is 2.35. The molecule has 3 aliphatic rings. The van der Waals surface area contributed by atoms with E-state index in [-0.39, 0.29) is 41.4 Å². The Morgan fingerprint density at radius 1 is 0.882 bits per heavy atom. The molecular weight excluding hydrogens is 797 g/mol. The normalized spacial score (nSPS) is 19.2. The molecule has 0 spiro atoms. The predicted octanol–water partition coefficient (Wildman–Crippen LogP) is 6.92. The molecule has 4 heterocycles. The highest BCUT2D eigenvalue weighted by molar-refractivity contribution is 9.11. The van der Waals surface area contributed by atoms with Crippen LogP contribution in [0.4, 0.5) is 18.0 Å². The quantitative estimate of drug-likeness (QED) is 0.239. The van der Waals surface area contributed by atoms with E-state index >= 15 is 0 Å². The highest BCUT2D eigenvalue weighted by atomic mass is 79.9. The fraction of sp³-hybridized carbons (Fsp3) is 0.528. The minimum atomic E-state index is -4.50. The van der Waals surface area contributed by atoms with Crippen LogP contribution in [0.15, 0.2) is 56.3 Å². The summed E-state index contributed by atoms with van der Waals surface area (Å²) in [5, 5.41) is 13.3. The summed E-state index contributed by atoms with van der Waals surface area (Å²) in [6, 6.07) is 7.28. The van der Waals surface area contributed by atoms with E-state index < -0.39 is 23.5 Å². The third-order valence-electron chi connectivity index (χ3n) is 10.4. The maximum Gasteiger partial charge on any atom is 0.416 e. The van der Waals surface area contributed by atoms with Crippen molar-refractivity contribution in [3.05, 3.63) is 73.2 Å². The molecule has 6 rings (SSSR count). The Labute approximate surface area is 311 Å². The molecule has 3 saturated heterocycles. The van der Waals surface area contributed by atoms with Crippen molar-refractivity contribution < 1.29 is 27.9 Å². The Balaban J connectivity index is 1.11. The first kappa shape index (κ1) is 37.5. The second kappa shape index (κ2) is 16.2. The number of likely N-dealkylation sites (tertiary alicyclic amines) is 3. The van der Waals surface area contributed by atoms with E-state index in [1.807, 2.05) is 4.90 Å². The molecule has 0 bridgehead atoms. The average molecular weight is 841 g/mol. The van der Waals surface area contributed by atoms with Gasteiger partial charge in [-0.1, -0.05) is 25.0 Å². The fourth-order valence-corrected chi connectivity index (χ4v) is 8.86. The molecule has 3 aromatic rings. The Morgan fingerprint density at radius 2 is 1.49 bits per heavy atom. The first-order valence-electron chi connectivity index (χ1n) is 17.6. The van der Waals surface area contributed by atoms with Crippen LogP contribution in [0.5, 0.6) is 5.75 Å². The fourth-order valence-electron chi connectivity index (χ4n) is 7.58. The lowest BCUT2D eigenvalue weighted by Gasteiger charge is -2.39. The van der Waals surface area contributed by atoms with Gasteiger partial charge in [-0.25, -0.2) is 9.59 Å². The van der Waals surface area contributed by atoms with Crippen LogP contribution in [0, 0.1) is 0 Å². The third kappa shape index (κ3) is 9.02. The van der Waals surface area contributed by atoms with Crippen LogP contribution < -0.4 is 11.0 Å². The van der Waals surface area contributed by atoms with Gasteiger partial charge in [0.1, 0.15) is 11.8 Å². The van der Waals surface area contributed by atoms with E-state index in [0.29, 0.717) is 54.0 Å². The number of aromatic nitrogens is 2. The number of rotatable bonds is 7. The number of urea groups is 1. The summed E-state index contributed by atoms with van der Waals surface area (Å²) in [6.07, 6.45) is 4.91. The van der Waals surface area contributed by atoms with E-state index in [4.69, 9.17) is 0 Å². The van der Waals surface area contributed by atoms with Crippen molar-refractivity contribution in [3.8, 4) is 17.0 Å². The monoisotopic (exact) mass is 838 g/mol. The summed E-state index contributed by atoms with van der Waals surface area (Å²) >= 11 is 6.74. The van der Waals surface area contributed by atoms with Crippen LogP contribution in [0.3, 0.4) is 0 Å². The van der Waals surface area contributed by atoms with Gasteiger partial charge in [0.2, 0.25) is 5.91 Å². The van der Waals surface area contributed by atoms with Crippen molar-refractivity contribution in [1.29, 1.82) is 0 Å². The molecule has 1 aromatic heterocycles. The second-order valence-electron chi connectivity index (χ2n) is 13.8. The lowest BCUT2D eigenvalue weighted by molar-refractivity contribution is -0.137. The lowest BCUT2D eigenvalue weighted by atomic mass is 9.99. The summed E-state index contributed by atoms with van der Waals surface area (Å²) in [7, 11) is 0. The maximum atomic E-state index is 14.1. The number of hydrogen-bond donors (Lipinski definition) is 3. The molecule has 10 nitrogen and oxygen atoms in total. The number of H-pyrrole nitrogens is 1. The number of nitrogens with zero attached hydrogens (tertiary/aromatic N) is 4. The van der Waals surface area contributed by atoms with Crippen LogP contribution in [0.1, 0.15) is 68.5 Å². The lowest BCUT2D eigenvalue weighted by Crippen LogP contribution is -2.56. The number of halogens is 5. The largest absolute Gasteiger partial charge is 0.506 e. The maximum absolute atomic E-state index is 14.1. The molecule has 3 fully saturated rings. The summed E-state index contributed by atoms with van der Waals surface area (Å²) in [4.78, 5) is 49.4. The molecule has 0 unspecified atom stereocenters. The predicted molar refractivity (Wildman–Crippen MR) is 195 cm³/mol. The van der Waals surface area contributed by atoms with Crippen LogP contribution in [0.2, 0.25) is 0 Å². The standard InChI is InChI=1S/C36H43Br2F3N6O4/c37-28-18-23(19-29(38)32(28)48)20-30(33(49)45-14-8-26(9-15-45)44-12-3-1-2-4-13-44)42-34(50)46-16-10-27(11-17-46)47-22-31(43-35(47)51)24-6-5-7-25(21-24)36(39,40)41/h5-7,18-19,21-22,26-27,30,48H,1-4,8-17,20H2,(H,42,50)(H,43,51)/t30-/m1/s1. The van der Waals surface area contributed by atoms with Crippen LogP contribution >= 0.6 is 31.9 Å². The number of alkyl halides is 3. The zero-order chi connectivity index (χ0) is 36.3. The zero-order valence-corrected chi connectivity index (χ0v) is 31.4. The Kier molecular flexibility index (Phi) is 11.9. The van der Waals surface area contributed by atoms with Gasteiger partial charge in [0.05, 0.1) is 20.2 Å². The molecule has 0 saturated carbocycles. The first-order valence-corrected chi connectivity index (χ1v) is 19.2. The van der Waals surface area contributed by atoms with Crippen molar-refractivity contribution in [2.24, 2.45) is 0 Å². The average Bonchev–Trinajstić information content (AvgIpc) is 3.30. The number of amides is 3. The highest BCUT2D eigenvalue weighted by Gasteiger charge is 2.34. The number of phenolic OH excluding ortho intramolecular Hbond substituents is 1. The SMILES string of the molecule is O=C(N[C@H](Cc1cc(Br)c(O)c(Br)c1)C(=O)N1CCC(N2CCCCCC2)CC1)N1CCC(n2cc(-c3cccc(C(F)(F)F)c3)[nH]c2=O)CC1. The van der Waals surface area contributed by atoms with Crippen molar-refractivity contribution in [1.82, 2.24) is 29.6 Å². The number of aromatic hydroxyl groups is 1. The van der Waals surface area contributed by atoms with E-state index in [1.54, 1.807) is 17.0 Å². The van der Waals surface area contributed by atoms with Gasteiger partial charge in [-0.15, -0.1) is 0 Å². The van der Waals surface area contributed by atoms with Gasteiger partial charge >= 0.3 is 17.9 Å². The van der Waals surface area contributed by atoms with E-state index in [2.05, 4.69) is 47.1 Å². The molecule has 51 heavy (non-hydrogen) atoms. The van der Waals surface area contributed by atoms with Crippen molar-refractivity contribution in [2.45, 2.75) is 82.1 Å². The number of benzene rings is 2. The van der Waals surface area contributed by atoms with Gasteiger partial charge in [-0.05, 0) is 113 Å². The van der Waals surface area contributed by atoms with Gasteiger partial charge in [0.25, 0.3) is 0 Å². The molecule has 0 radical (unpaired) electrons. The van der Waals surface area contributed by atoms with Gasteiger partial charge in [-0.2, -0.15) is 13.2 Å². The van der Waals surface area contributed by atoms with Crippen LogP contribution in [0.25, 0.3) is 11.3 Å². The molecule has 15 heteroatoms. The second-order valence-corrected chi connectivity index (χ2v) is 15.5. The van der Waals surface area contributed by atoms with E-state index in [9.17, 15) is 32.7 Å². The number of aromatic amines is 1. The number of carbonyl (C=O) groups is 2. The van der Waals surface area contributed by atoms with Gasteiger partial charge in [-0.3, -0.25) is 9.36 Å². The summed E-state index contributed by atoms with van der Waals surface area (Å²) in [6.45, 7) is 4.10. The minimum absolute atomic E-state index is 0.0487. The van der Waals surface area contributed by atoms with Crippen LogP contribution in [-0.4, -0.2) is 92.6 Å². The number of piperidine rings is 2. The summed E-state index contributed by atoms with van der Waals surface area (Å²) in [5.41, 5.74) is 0.0731. The molecule has 3 aliphatic heterocycles. The summed E-state index contributed by atoms with van der Waals surface area (Å²) in [5.74, 6) is -0.0959. The molecule has 2 aromatic carbocycles. The zero-order valence-electron chi connectivity index (χ0n) is 28.2. The first-order chi connectivity index (χ1) is 24.4. The number of nitrogens with one attached hydrogen (secondary N) is 2. The van der Waals surface area contributed by atoms with Gasteiger partial charge in [0, 0.05) is 56.4 Å². The Hall–Kier alpha value is -3.30. The topological polar surface area (TPSA) is 114 Å². The molecule has 0 aliphatic carbocycles. The molecule has 3 N–H and O–H groups in total. The third-order valence-corrected chi connectivity index (χ3v) is 11.6. The van der Waals surface area contributed by atoms with Gasteiger partial charge in [0.15, 0.2) is 0 Å². The van der Waals surface area contributed by atoms with E-state index in [1.165, 1.54) is 48.6 Å². The smallest absolute Gasteiger partial charge is 0.416 e. The molecular formula is C36H43Br2F3N6O4. The number of carbonyl (C=O) groups excluding carboxylic acids is 2. The molecule has 3 amide bonds. The minimum Gasteiger partial charge on any atom is -0.506 e. The molecule has 276 valence electrons. The van der Waals surface area contributed by atoms with Crippen LogP contribution in [-0.2, 0) is 17.4 Å². The van der Waals surface area contributed by atoms with Gasteiger partial charge < -0.3 is 30.1 Å². The van der Waals surface area contributed by atoms with Crippen molar-refractivity contribution in [2.75, 3.05) is 39.3 Å². The number of phenols is 1. The number of hydrogen-bond acceptors (Lipinski definition) is 5.